The van der Waals surface area contributed by atoms with Crippen LogP contribution in [-0.4, -0.2) is 12.2 Å². The fourth-order valence-electron chi connectivity index (χ4n) is 2.22. The third kappa shape index (κ3) is 3.91. The Balaban J connectivity index is 1.61. The van der Waals surface area contributed by atoms with Crippen LogP contribution in [0.5, 0.6) is 11.5 Å². The Bertz CT molecular complexity index is 599. The summed E-state index contributed by atoms with van der Waals surface area (Å²) >= 11 is 4.59. The molecule has 2 aromatic rings. The molecule has 2 nitrogen and oxygen atoms in total. The van der Waals surface area contributed by atoms with Gasteiger partial charge in [0.05, 0.1) is 7.14 Å². The van der Waals surface area contributed by atoms with Crippen LogP contribution in [0.15, 0.2) is 60.7 Å². The van der Waals surface area contributed by atoms with Crippen molar-refractivity contribution in [1.82, 2.24) is 0 Å². The Morgan fingerprint density at radius 2 is 1.14 bits per heavy atom. The molecule has 0 aliphatic heterocycles. The molecule has 1 aliphatic carbocycles. The molecule has 0 N–H and O–H groups in total. The van der Waals surface area contributed by atoms with Crippen LogP contribution in [0.3, 0.4) is 0 Å². The van der Waals surface area contributed by atoms with E-state index in [9.17, 15) is 0 Å². The van der Waals surface area contributed by atoms with Gasteiger partial charge in [-0.15, -0.1) is 0 Å². The first-order valence-corrected chi connectivity index (χ1v) is 8.89. The van der Waals surface area contributed by atoms with Crippen molar-refractivity contribution in [2.24, 2.45) is 0 Å². The molecular formula is C17H14I2O2. The standard InChI is InChI=1S/C17H14I2O2/c18-14-5-1-3-7-16(14)20-12-9-10-13(11-12)21-17-8-4-2-6-15(17)19/h1-10,12-13H,11H2. The maximum atomic E-state index is 6.03. The molecule has 0 radical (unpaired) electrons. The molecule has 0 aromatic heterocycles. The van der Waals surface area contributed by atoms with E-state index < -0.39 is 0 Å². The van der Waals surface area contributed by atoms with E-state index in [-0.39, 0.29) is 12.2 Å². The van der Waals surface area contributed by atoms with Crippen molar-refractivity contribution in [3.05, 3.63) is 67.8 Å². The highest BCUT2D eigenvalue weighted by molar-refractivity contribution is 14.1. The topological polar surface area (TPSA) is 18.5 Å². The molecule has 1 aliphatic rings. The van der Waals surface area contributed by atoms with Crippen LogP contribution in [0.1, 0.15) is 6.42 Å². The van der Waals surface area contributed by atoms with E-state index in [1.807, 2.05) is 36.4 Å². The van der Waals surface area contributed by atoms with Crippen molar-refractivity contribution in [3.8, 4) is 11.5 Å². The van der Waals surface area contributed by atoms with Gasteiger partial charge in [-0.1, -0.05) is 24.3 Å². The fraction of sp³-hybridized carbons (Fsp3) is 0.176. The van der Waals surface area contributed by atoms with Gasteiger partial charge in [0.15, 0.2) is 0 Å². The van der Waals surface area contributed by atoms with Crippen LogP contribution < -0.4 is 9.47 Å². The maximum Gasteiger partial charge on any atom is 0.133 e. The molecule has 0 bridgehead atoms. The zero-order chi connectivity index (χ0) is 14.7. The zero-order valence-electron chi connectivity index (χ0n) is 11.2. The number of rotatable bonds is 4. The summed E-state index contributed by atoms with van der Waals surface area (Å²) in [5, 5.41) is 0. The second-order valence-electron chi connectivity index (χ2n) is 4.79. The van der Waals surface area contributed by atoms with Gasteiger partial charge in [0.25, 0.3) is 0 Å². The predicted octanol–water partition coefficient (Wildman–Crippen LogP) is 5.05. The van der Waals surface area contributed by atoms with Gasteiger partial charge in [0.1, 0.15) is 23.7 Å². The molecule has 108 valence electrons. The average Bonchev–Trinajstić information content (AvgIpc) is 2.91. The first-order chi connectivity index (χ1) is 10.2. The normalized spacial score (nSPS) is 20.5. The lowest BCUT2D eigenvalue weighted by molar-refractivity contribution is 0.179. The van der Waals surface area contributed by atoms with Crippen LogP contribution >= 0.6 is 45.2 Å². The third-order valence-electron chi connectivity index (χ3n) is 3.24. The Kier molecular flexibility index (Phi) is 5.05. The number of halogens is 2. The second kappa shape index (κ2) is 7.00. The maximum absolute atomic E-state index is 6.03. The minimum Gasteiger partial charge on any atom is -0.485 e. The van der Waals surface area contributed by atoms with Crippen LogP contribution in [0, 0.1) is 7.14 Å². The van der Waals surface area contributed by atoms with Crippen molar-refractivity contribution in [3.63, 3.8) is 0 Å². The largest absolute Gasteiger partial charge is 0.485 e. The summed E-state index contributed by atoms with van der Waals surface area (Å²) in [4.78, 5) is 0. The van der Waals surface area contributed by atoms with Crippen LogP contribution in [0.25, 0.3) is 0 Å². The smallest absolute Gasteiger partial charge is 0.133 e. The molecule has 21 heavy (non-hydrogen) atoms. The third-order valence-corrected chi connectivity index (χ3v) is 5.02. The van der Waals surface area contributed by atoms with Crippen molar-refractivity contribution < 1.29 is 9.47 Å². The highest BCUT2D eigenvalue weighted by Crippen LogP contribution is 2.27. The van der Waals surface area contributed by atoms with Gasteiger partial charge in [0.2, 0.25) is 0 Å². The fourth-order valence-corrected chi connectivity index (χ4v) is 3.24. The molecule has 0 amide bonds. The van der Waals surface area contributed by atoms with Gasteiger partial charge >= 0.3 is 0 Å². The molecule has 0 saturated carbocycles. The highest BCUT2D eigenvalue weighted by atomic mass is 127. The molecular weight excluding hydrogens is 490 g/mol. The van der Waals surface area contributed by atoms with Crippen molar-refractivity contribution in [2.75, 3.05) is 0 Å². The monoisotopic (exact) mass is 504 g/mol. The lowest BCUT2D eigenvalue weighted by atomic mass is 10.2. The van der Waals surface area contributed by atoms with Crippen LogP contribution in [0.2, 0.25) is 0 Å². The van der Waals surface area contributed by atoms with Gasteiger partial charge in [0, 0.05) is 6.42 Å². The molecule has 2 atom stereocenters. The molecule has 2 aromatic carbocycles. The van der Waals surface area contributed by atoms with Crippen molar-refractivity contribution in [2.45, 2.75) is 18.6 Å². The molecule has 4 heteroatoms. The summed E-state index contributed by atoms with van der Waals surface area (Å²) in [6.07, 6.45) is 5.17. The lowest BCUT2D eigenvalue weighted by Gasteiger charge is -2.17. The lowest BCUT2D eigenvalue weighted by Crippen LogP contribution is -2.19. The SMILES string of the molecule is Ic1ccccc1OC1C=CC(Oc2ccccc2I)C1. The molecule has 2 unspecified atom stereocenters. The van der Waals surface area contributed by atoms with Crippen LogP contribution in [0.4, 0.5) is 0 Å². The van der Waals surface area contributed by atoms with E-state index in [0.717, 1.165) is 25.1 Å². The quantitative estimate of drug-likeness (QED) is 0.429. The number of ether oxygens (including phenoxy) is 2. The van der Waals surface area contributed by atoms with Gasteiger partial charge in [-0.25, -0.2) is 0 Å². The van der Waals surface area contributed by atoms with Gasteiger partial charge < -0.3 is 9.47 Å². The van der Waals surface area contributed by atoms with E-state index >= 15 is 0 Å². The molecule has 0 spiro atoms. The summed E-state index contributed by atoms with van der Waals surface area (Å²) in [7, 11) is 0. The number of benzene rings is 2. The Labute approximate surface area is 151 Å². The predicted molar refractivity (Wildman–Crippen MR) is 101 cm³/mol. The van der Waals surface area contributed by atoms with E-state index in [0.29, 0.717) is 0 Å². The summed E-state index contributed by atoms with van der Waals surface area (Å²) in [6.45, 7) is 0. The van der Waals surface area contributed by atoms with Gasteiger partial charge in [-0.3, -0.25) is 0 Å². The number of hydrogen-bond donors (Lipinski definition) is 0. The Morgan fingerprint density at radius 3 is 1.57 bits per heavy atom. The molecule has 3 rings (SSSR count). The zero-order valence-corrected chi connectivity index (χ0v) is 15.5. The molecule has 0 fully saturated rings. The number of hydrogen-bond acceptors (Lipinski definition) is 2. The number of para-hydroxylation sites is 2. The highest BCUT2D eigenvalue weighted by Gasteiger charge is 2.22. The summed E-state index contributed by atoms with van der Waals surface area (Å²) in [5.41, 5.74) is 0. The van der Waals surface area contributed by atoms with Gasteiger partial charge in [-0.2, -0.15) is 0 Å². The summed E-state index contributed by atoms with van der Waals surface area (Å²) in [5.74, 6) is 1.87. The van der Waals surface area contributed by atoms with E-state index in [1.54, 1.807) is 0 Å². The van der Waals surface area contributed by atoms with E-state index in [2.05, 4.69) is 69.5 Å². The first-order valence-electron chi connectivity index (χ1n) is 6.73. The minimum atomic E-state index is 0.0762. The minimum absolute atomic E-state index is 0.0762. The van der Waals surface area contributed by atoms with Crippen molar-refractivity contribution >= 4 is 45.2 Å². The Morgan fingerprint density at radius 1 is 0.714 bits per heavy atom. The summed E-state index contributed by atoms with van der Waals surface area (Å²) in [6, 6.07) is 16.1. The first kappa shape index (κ1) is 15.1. The van der Waals surface area contributed by atoms with Crippen LogP contribution in [-0.2, 0) is 0 Å². The van der Waals surface area contributed by atoms with E-state index in [1.165, 1.54) is 0 Å². The molecule has 0 heterocycles. The second-order valence-corrected chi connectivity index (χ2v) is 7.12. The van der Waals surface area contributed by atoms with Gasteiger partial charge in [-0.05, 0) is 81.6 Å². The van der Waals surface area contributed by atoms with E-state index in [4.69, 9.17) is 9.47 Å². The molecule has 0 saturated heterocycles. The summed E-state index contributed by atoms with van der Waals surface area (Å²) < 4.78 is 14.3. The Hall–Kier alpha value is -0.760. The average molecular weight is 504 g/mol. The van der Waals surface area contributed by atoms with Crippen molar-refractivity contribution in [1.29, 1.82) is 0 Å².